The van der Waals surface area contributed by atoms with Crippen LogP contribution >= 0.6 is 11.6 Å². The number of imidazole rings is 1. The number of halogens is 4. The first-order valence-electron chi connectivity index (χ1n) is 6.11. The Bertz CT molecular complexity index is 661. The summed E-state index contributed by atoms with van der Waals surface area (Å²) in [4.78, 5) is 4.21. The van der Waals surface area contributed by atoms with Gasteiger partial charge in [0.2, 0.25) is 0 Å². The number of nitrogens with zero attached hydrogens (tertiary/aromatic N) is 2. The van der Waals surface area contributed by atoms with E-state index >= 15 is 0 Å². The van der Waals surface area contributed by atoms with Gasteiger partial charge in [0.15, 0.2) is 0 Å². The van der Waals surface area contributed by atoms with Gasteiger partial charge in [0.1, 0.15) is 17.1 Å². The average molecular weight is 305 g/mol. The molecule has 7 heteroatoms. The number of ether oxygens (including phenoxy) is 1. The van der Waals surface area contributed by atoms with Crippen LogP contribution in [0.5, 0.6) is 5.75 Å². The number of rotatable bonds is 3. The Morgan fingerprint density at radius 2 is 2.10 bits per heavy atom. The van der Waals surface area contributed by atoms with Gasteiger partial charge in [0.05, 0.1) is 24.0 Å². The summed E-state index contributed by atoms with van der Waals surface area (Å²) in [7, 11) is 1.50. The fourth-order valence-electron chi connectivity index (χ4n) is 2.56. The van der Waals surface area contributed by atoms with Gasteiger partial charge >= 0.3 is 6.18 Å². The normalized spacial score (nSPS) is 17.4. The highest BCUT2D eigenvalue weighted by molar-refractivity contribution is 6.16. The number of methoxy groups -OCH3 is 1. The number of alkyl halides is 4. The Labute approximate surface area is 118 Å². The van der Waals surface area contributed by atoms with Crippen molar-refractivity contribution in [2.45, 2.75) is 30.4 Å². The first-order chi connectivity index (χ1) is 9.43. The third-order valence-electron chi connectivity index (χ3n) is 3.73. The molecule has 1 aliphatic rings. The molecule has 3 rings (SSSR count). The van der Waals surface area contributed by atoms with Crippen LogP contribution in [-0.4, -0.2) is 22.8 Å². The van der Waals surface area contributed by atoms with E-state index in [1.54, 1.807) is 18.2 Å². The van der Waals surface area contributed by atoms with Crippen molar-refractivity contribution in [2.24, 2.45) is 0 Å². The van der Waals surface area contributed by atoms with Crippen molar-refractivity contribution in [3.05, 3.63) is 24.0 Å². The van der Waals surface area contributed by atoms with Crippen molar-refractivity contribution in [3.63, 3.8) is 0 Å². The molecule has 0 radical (unpaired) electrons. The second-order valence-corrected chi connectivity index (χ2v) is 5.15. The van der Waals surface area contributed by atoms with Crippen molar-refractivity contribution in [2.75, 3.05) is 7.11 Å². The van der Waals surface area contributed by atoms with Crippen LogP contribution in [0.15, 0.2) is 18.2 Å². The van der Waals surface area contributed by atoms with Gasteiger partial charge in [-0.15, -0.1) is 11.6 Å². The molecule has 0 atom stereocenters. The smallest absolute Gasteiger partial charge is 0.412 e. The van der Waals surface area contributed by atoms with Crippen LogP contribution in [0.1, 0.15) is 18.7 Å². The fraction of sp³-hybridized carbons (Fsp3) is 0.462. The second-order valence-electron chi connectivity index (χ2n) is 4.88. The maximum Gasteiger partial charge on any atom is 0.412 e. The molecule has 1 heterocycles. The molecule has 0 aliphatic heterocycles. The highest BCUT2D eigenvalue weighted by Gasteiger charge is 2.65. The molecular weight excluding hydrogens is 293 g/mol. The summed E-state index contributed by atoms with van der Waals surface area (Å²) in [6.07, 6.45) is -4.17. The van der Waals surface area contributed by atoms with Gasteiger partial charge in [0, 0.05) is 6.07 Å². The van der Waals surface area contributed by atoms with Crippen molar-refractivity contribution in [3.8, 4) is 5.75 Å². The molecule has 20 heavy (non-hydrogen) atoms. The standard InChI is InChI=1S/C13H12ClF3N2O/c1-20-8-2-3-10-9(6-8)18-11(7-14)19(10)12(4-5-12)13(15,16)17/h2-3,6H,4-5,7H2,1H3. The minimum Gasteiger partial charge on any atom is -0.497 e. The predicted octanol–water partition coefficient (Wildman–Crippen LogP) is 3.84. The third kappa shape index (κ3) is 1.78. The number of fused-ring (bicyclic) bond motifs is 1. The highest BCUT2D eigenvalue weighted by Crippen LogP contribution is 2.57. The van der Waals surface area contributed by atoms with Crippen molar-refractivity contribution >= 4 is 22.6 Å². The molecule has 0 spiro atoms. The third-order valence-corrected chi connectivity index (χ3v) is 3.97. The largest absolute Gasteiger partial charge is 0.497 e. The van der Waals surface area contributed by atoms with Gasteiger partial charge in [-0.2, -0.15) is 13.2 Å². The molecule has 1 aromatic carbocycles. The van der Waals surface area contributed by atoms with Crippen LogP contribution in [0.2, 0.25) is 0 Å². The molecule has 1 aromatic heterocycles. The molecule has 108 valence electrons. The lowest BCUT2D eigenvalue weighted by molar-refractivity contribution is -0.179. The maximum atomic E-state index is 13.3. The first-order valence-corrected chi connectivity index (χ1v) is 6.65. The minimum atomic E-state index is -4.30. The van der Waals surface area contributed by atoms with Gasteiger partial charge in [-0.1, -0.05) is 0 Å². The molecule has 1 aliphatic carbocycles. The Morgan fingerprint density at radius 3 is 2.60 bits per heavy atom. The highest BCUT2D eigenvalue weighted by atomic mass is 35.5. The molecule has 0 N–H and O–H groups in total. The van der Waals surface area contributed by atoms with Crippen molar-refractivity contribution in [1.82, 2.24) is 9.55 Å². The lowest BCUT2D eigenvalue weighted by Gasteiger charge is -2.23. The molecule has 0 bridgehead atoms. The summed E-state index contributed by atoms with van der Waals surface area (Å²) in [6, 6.07) is 4.85. The lowest BCUT2D eigenvalue weighted by Crippen LogP contribution is -2.35. The van der Waals surface area contributed by atoms with Crippen LogP contribution in [0.4, 0.5) is 13.2 Å². The minimum absolute atomic E-state index is 0.0607. The molecule has 0 amide bonds. The van der Waals surface area contributed by atoms with E-state index in [0.29, 0.717) is 16.8 Å². The molecule has 1 fully saturated rings. The summed E-state index contributed by atoms with van der Waals surface area (Å²) < 4.78 is 46.3. The summed E-state index contributed by atoms with van der Waals surface area (Å²) in [6.45, 7) is 0. The van der Waals surface area contributed by atoms with E-state index in [9.17, 15) is 13.2 Å². The summed E-state index contributed by atoms with van der Waals surface area (Å²) in [5.41, 5.74) is -0.938. The number of benzene rings is 1. The van der Waals surface area contributed by atoms with E-state index in [-0.39, 0.29) is 24.5 Å². The van der Waals surface area contributed by atoms with E-state index < -0.39 is 11.7 Å². The van der Waals surface area contributed by atoms with Crippen LogP contribution < -0.4 is 4.74 Å². The van der Waals surface area contributed by atoms with Gasteiger partial charge in [-0.05, 0) is 25.0 Å². The van der Waals surface area contributed by atoms with Crippen LogP contribution in [0.25, 0.3) is 11.0 Å². The predicted molar refractivity (Wildman–Crippen MR) is 69.1 cm³/mol. The fourth-order valence-corrected chi connectivity index (χ4v) is 2.74. The van der Waals surface area contributed by atoms with Gasteiger partial charge in [-0.3, -0.25) is 0 Å². The van der Waals surface area contributed by atoms with E-state index in [4.69, 9.17) is 16.3 Å². The Kier molecular flexibility index (Phi) is 2.90. The maximum absolute atomic E-state index is 13.3. The molecule has 2 aromatic rings. The zero-order valence-electron chi connectivity index (χ0n) is 10.7. The van der Waals surface area contributed by atoms with Gasteiger partial charge < -0.3 is 9.30 Å². The number of hydrogen-bond acceptors (Lipinski definition) is 2. The van der Waals surface area contributed by atoms with Crippen molar-refractivity contribution in [1.29, 1.82) is 0 Å². The van der Waals surface area contributed by atoms with E-state index in [1.807, 2.05) is 0 Å². The second kappa shape index (κ2) is 4.28. The number of aromatic nitrogens is 2. The van der Waals surface area contributed by atoms with Crippen molar-refractivity contribution < 1.29 is 17.9 Å². The molecule has 1 saturated carbocycles. The summed E-state index contributed by atoms with van der Waals surface area (Å²) >= 11 is 5.78. The Hall–Kier alpha value is -1.43. The van der Waals surface area contributed by atoms with Gasteiger partial charge in [0.25, 0.3) is 0 Å². The monoisotopic (exact) mass is 304 g/mol. The Balaban J connectivity index is 2.24. The summed E-state index contributed by atoms with van der Waals surface area (Å²) in [5.74, 6) is 0.735. The van der Waals surface area contributed by atoms with E-state index in [0.717, 1.165) is 0 Å². The molecule has 3 nitrogen and oxygen atoms in total. The van der Waals surface area contributed by atoms with Crippen LogP contribution in [0.3, 0.4) is 0 Å². The Morgan fingerprint density at radius 1 is 1.40 bits per heavy atom. The van der Waals surface area contributed by atoms with E-state index in [1.165, 1.54) is 11.7 Å². The molecular formula is C13H12ClF3N2O. The topological polar surface area (TPSA) is 27.1 Å². The first kappa shape index (κ1) is 13.5. The SMILES string of the molecule is COc1ccc2c(c1)nc(CCl)n2C1(C(F)(F)F)CC1. The molecule has 0 saturated heterocycles. The summed E-state index contributed by atoms with van der Waals surface area (Å²) in [5, 5.41) is 0. The molecule has 0 unspecified atom stereocenters. The van der Waals surface area contributed by atoms with Gasteiger partial charge in [-0.25, -0.2) is 4.98 Å². The van der Waals surface area contributed by atoms with E-state index in [2.05, 4.69) is 4.98 Å². The van der Waals surface area contributed by atoms with Crippen LogP contribution in [0, 0.1) is 0 Å². The quantitative estimate of drug-likeness (QED) is 0.806. The average Bonchev–Trinajstić information content (AvgIpc) is 3.13. The lowest BCUT2D eigenvalue weighted by atomic mass is 10.2. The zero-order chi connectivity index (χ0) is 14.5. The van der Waals surface area contributed by atoms with Crippen LogP contribution in [-0.2, 0) is 11.4 Å². The number of hydrogen-bond donors (Lipinski definition) is 0. The zero-order valence-corrected chi connectivity index (χ0v) is 11.4.